The standard InChI is InChI=1S/C22H22F2N4OS/c1-3-4-13-27-20(29)15-9-5-6-10-16(15)26-22(27)30-14(2)19-25-17-11-7-8-12-18(17)28(19)21(23)24/h5-12,14,21H,3-4,13H2,1-2H3/t14-/m1/s1. The number of nitrogens with zero attached hydrogens (tertiary/aromatic N) is 4. The Morgan fingerprint density at radius 1 is 1.03 bits per heavy atom. The second-order valence-electron chi connectivity index (χ2n) is 7.09. The molecular weight excluding hydrogens is 406 g/mol. The van der Waals surface area contributed by atoms with Crippen LogP contribution < -0.4 is 5.56 Å². The van der Waals surface area contributed by atoms with Gasteiger partial charge >= 0.3 is 6.55 Å². The van der Waals surface area contributed by atoms with Crippen molar-refractivity contribution >= 4 is 33.7 Å². The monoisotopic (exact) mass is 428 g/mol. The number of aromatic nitrogens is 4. The van der Waals surface area contributed by atoms with E-state index in [-0.39, 0.29) is 11.4 Å². The van der Waals surface area contributed by atoms with Crippen molar-refractivity contribution in [2.24, 2.45) is 0 Å². The van der Waals surface area contributed by atoms with Crippen LogP contribution in [0.1, 0.15) is 44.3 Å². The van der Waals surface area contributed by atoms with E-state index in [9.17, 15) is 13.6 Å². The lowest BCUT2D eigenvalue weighted by molar-refractivity contribution is 0.0715. The smallest absolute Gasteiger partial charge is 0.287 e. The molecule has 0 aliphatic carbocycles. The molecule has 0 spiro atoms. The lowest BCUT2D eigenvalue weighted by atomic mass is 10.2. The molecule has 8 heteroatoms. The van der Waals surface area contributed by atoms with Crippen LogP contribution in [-0.2, 0) is 6.54 Å². The first-order chi connectivity index (χ1) is 14.5. The number of fused-ring (bicyclic) bond motifs is 2. The summed E-state index contributed by atoms with van der Waals surface area (Å²) < 4.78 is 30.3. The zero-order valence-electron chi connectivity index (χ0n) is 16.8. The molecule has 2 aromatic carbocycles. The predicted molar refractivity (Wildman–Crippen MR) is 116 cm³/mol. The molecule has 4 aromatic rings. The number of alkyl halides is 2. The zero-order valence-corrected chi connectivity index (χ0v) is 17.6. The molecule has 0 bridgehead atoms. The van der Waals surface area contributed by atoms with Crippen molar-refractivity contribution in [3.05, 3.63) is 64.7 Å². The Kier molecular flexibility index (Phi) is 5.85. The Morgan fingerprint density at radius 2 is 1.73 bits per heavy atom. The quantitative estimate of drug-likeness (QED) is 0.276. The minimum absolute atomic E-state index is 0.105. The number of benzene rings is 2. The molecule has 156 valence electrons. The van der Waals surface area contributed by atoms with Gasteiger partial charge in [-0.2, -0.15) is 8.78 Å². The molecule has 0 N–H and O–H groups in total. The van der Waals surface area contributed by atoms with E-state index in [0.29, 0.717) is 33.6 Å². The van der Waals surface area contributed by atoms with E-state index in [1.54, 1.807) is 41.0 Å². The molecule has 2 heterocycles. The van der Waals surface area contributed by atoms with Crippen molar-refractivity contribution < 1.29 is 8.78 Å². The van der Waals surface area contributed by atoms with E-state index in [1.807, 2.05) is 19.1 Å². The Hall–Kier alpha value is -2.74. The fraction of sp³-hybridized carbons (Fsp3) is 0.318. The number of rotatable bonds is 7. The highest BCUT2D eigenvalue weighted by Gasteiger charge is 2.24. The minimum atomic E-state index is -2.71. The average Bonchev–Trinajstić information content (AvgIpc) is 3.14. The highest BCUT2D eigenvalue weighted by Crippen LogP contribution is 2.37. The van der Waals surface area contributed by atoms with E-state index in [2.05, 4.69) is 16.9 Å². The topological polar surface area (TPSA) is 52.7 Å². The summed E-state index contributed by atoms with van der Waals surface area (Å²) in [6.07, 6.45) is 1.76. The lowest BCUT2D eigenvalue weighted by Crippen LogP contribution is -2.23. The summed E-state index contributed by atoms with van der Waals surface area (Å²) in [4.78, 5) is 22.2. The number of unbranched alkanes of at least 4 members (excludes halogenated alkanes) is 1. The average molecular weight is 429 g/mol. The number of para-hydroxylation sites is 3. The number of hydrogen-bond donors (Lipinski definition) is 0. The Labute approximate surface area is 176 Å². The van der Waals surface area contributed by atoms with Crippen LogP contribution in [0.25, 0.3) is 21.9 Å². The van der Waals surface area contributed by atoms with Crippen molar-refractivity contribution in [3.8, 4) is 0 Å². The van der Waals surface area contributed by atoms with Crippen molar-refractivity contribution in [1.82, 2.24) is 19.1 Å². The molecule has 0 fully saturated rings. The first-order valence-corrected chi connectivity index (χ1v) is 10.8. The van der Waals surface area contributed by atoms with E-state index in [1.165, 1.54) is 11.8 Å². The maximum atomic E-state index is 13.9. The fourth-order valence-corrected chi connectivity index (χ4v) is 4.56. The number of imidazole rings is 1. The van der Waals surface area contributed by atoms with Gasteiger partial charge in [0.25, 0.3) is 5.56 Å². The van der Waals surface area contributed by atoms with Gasteiger partial charge in [0.15, 0.2) is 5.16 Å². The first-order valence-electron chi connectivity index (χ1n) is 9.92. The van der Waals surface area contributed by atoms with Crippen LogP contribution in [0.2, 0.25) is 0 Å². The van der Waals surface area contributed by atoms with Gasteiger partial charge in [-0.1, -0.05) is 49.4 Å². The molecule has 0 amide bonds. The summed E-state index contributed by atoms with van der Waals surface area (Å²) >= 11 is 1.28. The molecule has 4 rings (SSSR count). The highest BCUT2D eigenvalue weighted by atomic mass is 32.2. The van der Waals surface area contributed by atoms with E-state index in [4.69, 9.17) is 0 Å². The number of thioether (sulfide) groups is 1. The zero-order chi connectivity index (χ0) is 21.3. The van der Waals surface area contributed by atoms with Crippen LogP contribution in [-0.4, -0.2) is 19.1 Å². The van der Waals surface area contributed by atoms with Crippen LogP contribution in [0, 0.1) is 0 Å². The predicted octanol–water partition coefficient (Wildman–Crippen LogP) is 5.79. The summed E-state index contributed by atoms with van der Waals surface area (Å²) in [7, 11) is 0. The summed E-state index contributed by atoms with van der Waals surface area (Å²) in [5, 5.41) is 0.658. The van der Waals surface area contributed by atoms with E-state index in [0.717, 1.165) is 17.4 Å². The molecule has 30 heavy (non-hydrogen) atoms. The molecule has 1 atom stereocenters. The molecule has 0 radical (unpaired) electrons. The molecule has 0 saturated carbocycles. The van der Waals surface area contributed by atoms with Gasteiger partial charge in [0.05, 0.1) is 27.2 Å². The molecule has 2 aromatic heterocycles. The van der Waals surface area contributed by atoms with Gasteiger partial charge in [-0.25, -0.2) is 9.97 Å². The summed E-state index contributed by atoms with van der Waals surface area (Å²) in [5.41, 5.74) is 1.42. The summed E-state index contributed by atoms with van der Waals surface area (Å²) in [6, 6.07) is 14.1. The first kappa shape index (κ1) is 20.5. The van der Waals surface area contributed by atoms with Crippen molar-refractivity contribution in [1.29, 1.82) is 0 Å². The van der Waals surface area contributed by atoms with Gasteiger partial charge < -0.3 is 0 Å². The van der Waals surface area contributed by atoms with Crippen LogP contribution in [0.15, 0.2) is 58.5 Å². The van der Waals surface area contributed by atoms with Gasteiger partial charge in [-0.15, -0.1) is 0 Å². The van der Waals surface area contributed by atoms with Gasteiger partial charge in [-0.05, 0) is 37.6 Å². The maximum absolute atomic E-state index is 13.9. The van der Waals surface area contributed by atoms with Gasteiger partial charge in [0.2, 0.25) is 0 Å². The maximum Gasteiger partial charge on any atom is 0.320 e. The summed E-state index contributed by atoms with van der Waals surface area (Å²) in [5.74, 6) is 0.264. The van der Waals surface area contributed by atoms with Crippen LogP contribution >= 0.6 is 11.8 Å². The third-order valence-corrected chi connectivity index (χ3v) is 6.11. The Morgan fingerprint density at radius 3 is 2.47 bits per heavy atom. The summed E-state index contributed by atoms with van der Waals surface area (Å²) in [6.45, 7) is 1.70. The molecule has 0 saturated heterocycles. The molecule has 0 aliphatic rings. The van der Waals surface area contributed by atoms with Gasteiger partial charge in [0, 0.05) is 6.54 Å². The number of halogens is 2. The fourth-order valence-electron chi connectivity index (χ4n) is 3.52. The minimum Gasteiger partial charge on any atom is -0.287 e. The highest BCUT2D eigenvalue weighted by molar-refractivity contribution is 7.99. The van der Waals surface area contributed by atoms with Crippen molar-refractivity contribution in [3.63, 3.8) is 0 Å². The normalized spacial score (nSPS) is 12.8. The van der Waals surface area contributed by atoms with E-state index < -0.39 is 11.8 Å². The Balaban J connectivity index is 1.80. The van der Waals surface area contributed by atoms with Crippen LogP contribution in [0.3, 0.4) is 0 Å². The largest absolute Gasteiger partial charge is 0.320 e. The molecule has 0 unspecified atom stereocenters. The lowest BCUT2D eigenvalue weighted by Gasteiger charge is -2.17. The van der Waals surface area contributed by atoms with Crippen molar-refractivity contribution in [2.45, 2.75) is 50.2 Å². The van der Waals surface area contributed by atoms with Gasteiger partial charge in [0.1, 0.15) is 5.82 Å². The molecule has 5 nitrogen and oxygen atoms in total. The molecular formula is C22H22F2N4OS. The van der Waals surface area contributed by atoms with Crippen molar-refractivity contribution in [2.75, 3.05) is 0 Å². The molecule has 0 aliphatic heterocycles. The third-order valence-electron chi connectivity index (χ3n) is 5.03. The van der Waals surface area contributed by atoms with E-state index >= 15 is 0 Å². The second-order valence-corrected chi connectivity index (χ2v) is 8.40. The van der Waals surface area contributed by atoms with Crippen LogP contribution in [0.5, 0.6) is 0 Å². The Bertz CT molecular complexity index is 1250. The van der Waals surface area contributed by atoms with Crippen LogP contribution in [0.4, 0.5) is 8.78 Å². The second kappa shape index (κ2) is 8.55. The van der Waals surface area contributed by atoms with Gasteiger partial charge in [-0.3, -0.25) is 13.9 Å². The SMILES string of the molecule is CCCCn1c(S[C@H](C)c2nc3ccccc3n2C(F)F)nc2ccccc2c1=O. The third kappa shape index (κ3) is 3.71. The number of hydrogen-bond acceptors (Lipinski definition) is 4.